The van der Waals surface area contributed by atoms with Crippen LogP contribution in [0.25, 0.3) is 0 Å². The Bertz CT molecular complexity index is 63.5. The van der Waals surface area contributed by atoms with Crippen molar-refractivity contribution in [2.45, 2.75) is 19.7 Å². The number of hydrogen-bond acceptors (Lipinski definition) is 1. The summed E-state index contributed by atoms with van der Waals surface area (Å²) in [6.45, 7) is 5.41. The minimum atomic E-state index is -1.12. The first-order chi connectivity index (χ1) is 3.81. The Hall–Kier alpha value is -0.370. The average molecular weight is 118 g/mol. The van der Waals surface area contributed by atoms with Gasteiger partial charge in [0.1, 0.15) is 0 Å². The first-order valence-electron chi connectivity index (χ1n) is 2.67. The van der Waals surface area contributed by atoms with Crippen molar-refractivity contribution in [2.24, 2.45) is 0 Å². The lowest BCUT2D eigenvalue weighted by molar-refractivity contribution is -0.0261. The molecular formula is C6H11FO. The Morgan fingerprint density at radius 1 is 1.88 bits per heavy atom. The zero-order valence-electron chi connectivity index (χ0n) is 5.06. The van der Waals surface area contributed by atoms with Crippen LogP contribution in [0.15, 0.2) is 12.7 Å². The summed E-state index contributed by atoms with van der Waals surface area (Å²) in [6, 6.07) is 0. The number of ether oxygens (including phenoxy) is 1. The van der Waals surface area contributed by atoms with E-state index in [0.29, 0.717) is 13.0 Å². The molecular weight excluding hydrogens is 107 g/mol. The molecule has 0 aliphatic carbocycles. The second-order valence-electron chi connectivity index (χ2n) is 1.44. The lowest BCUT2D eigenvalue weighted by Gasteiger charge is -2.02. The van der Waals surface area contributed by atoms with E-state index in [0.717, 1.165) is 0 Å². The molecule has 1 atom stereocenters. The molecule has 48 valence electrons. The standard InChI is InChI=1S/C6H11FO/c1-3-5-8-6(7)4-2/h3,6H,1,4-5H2,2H3. The molecule has 0 aromatic carbocycles. The minimum Gasteiger partial charge on any atom is -0.344 e. The predicted octanol–water partition coefficient (Wildman–Crippen LogP) is 1.89. The van der Waals surface area contributed by atoms with E-state index in [1.807, 2.05) is 0 Å². The van der Waals surface area contributed by atoms with E-state index < -0.39 is 6.36 Å². The van der Waals surface area contributed by atoms with E-state index >= 15 is 0 Å². The highest BCUT2D eigenvalue weighted by atomic mass is 19.1. The molecule has 0 amide bonds. The molecule has 0 rings (SSSR count). The second kappa shape index (κ2) is 4.78. The molecule has 0 aromatic heterocycles. The van der Waals surface area contributed by atoms with Gasteiger partial charge in [-0.05, 0) is 0 Å². The van der Waals surface area contributed by atoms with E-state index in [-0.39, 0.29) is 0 Å². The summed E-state index contributed by atoms with van der Waals surface area (Å²) in [5.74, 6) is 0. The minimum absolute atomic E-state index is 0.301. The third kappa shape index (κ3) is 3.81. The van der Waals surface area contributed by atoms with Crippen molar-refractivity contribution in [3.8, 4) is 0 Å². The van der Waals surface area contributed by atoms with Gasteiger partial charge < -0.3 is 4.74 Å². The van der Waals surface area contributed by atoms with Crippen molar-refractivity contribution >= 4 is 0 Å². The van der Waals surface area contributed by atoms with Gasteiger partial charge in [0.25, 0.3) is 0 Å². The molecule has 0 saturated heterocycles. The first kappa shape index (κ1) is 7.63. The van der Waals surface area contributed by atoms with Gasteiger partial charge in [-0.2, -0.15) is 0 Å². The van der Waals surface area contributed by atoms with Gasteiger partial charge in [-0.3, -0.25) is 0 Å². The summed E-state index contributed by atoms with van der Waals surface area (Å²) in [7, 11) is 0. The summed E-state index contributed by atoms with van der Waals surface area (Å²) in [5.41, 5.74) is 0. The molecule has 0 N–H and O–H groups in total. The van der Waals surface area contributed by atoms with Crippen molar-refractivity contribution in [2.75, 3.05) is 6.61 Å². The fourth-order valence-electron chi connectivity index (χ4n) is 0.290. The molecule has 0 aliphatic rings. The van der Waals surface area contributed by atoms with Crippen LogP contribution >= 0.6 is 0 Å². The third-order valence-electron chi connectivity index (χ3n) is 0.716. The van der Waals surface area contributed by atoms with Crippen LogP contribution in [0.5, 0.6) is 0 Å². The van der Waals surface area contributed by atoms with Gasteiger partial charge in [-0.1, -0.05) is 13.0 Å². The Labute approximate surface area is 49.2 Å². The molecule has 1 nitrogen and oxygen atoms in total. The molecule has 0 radical (unpaired) electrons. The maximum atomic E-state index is 12.0. The molecule has 0 bridgehead atoms. The maximum Gasteiger partial charge on any atom is 0.198 e. The molecule has 0 saturated carbocycles. The highest BCUT2D eigenvalue weighted by Crippen LogP contribution is 1.97. The monoisotopic (exact) mass is 118 g/mol. The van der Waals surface area contributed by atoms with E-state index in [2.05, 4.69) is 11.3 Å². The lowest BCUT2D eigenvalue weighted by Crippen LogP contribution is -2.03. The number of alkyl halides is 1. The maximum absolute atomic E-state index is 12.0. The van der Waals surface area contributed by atoms with Crippen LogP contribution in [-0.4, -0.2) is 13.0 Å². The Kier molecular flexibility index (Phi) is 4.56. The van der Waals surface area contributed by atoms with Gasteiger partial charge in [0.15, 0.2) is 6.36 Å². The molecule has 0 aliphatic heterocycles. The van der Waals surface area contributed by atoms with Crippen LogP contribution in [0.2, 0.25) is 0 Å². The van der Waals surface area contributed by atoms with Crippen LogP contribution < -0.4 is 0 Å². The summed E-state index contributed by atoms with van der Waals surface area (Å²) in [5, 5.41) is 0. The normalized spacial score (nSPS) is 13.2. The number of rotatable bonds is 4. The van der Waals surface area contributed by atoms with Crippen molar-refractivity contribution < 1.29 is 9.13 Å². The Balaban J connectivity index is 2.97. The van der Waals surface area contributed by atoms with Crippen LogP contribution in [0.4, 0.5) is 4.39 Å². The Morgan fingerprint density at radius 3 is 2.88 bits per heavy atom. The van der Waals surface area contributed by atoms with E-state index in [1.54, 1.807) is 6.92 Å². The number of halogens is 1. The second-order valence-corrected chi connectivity index (χ2v) is 1.44. The van der Waals surface area contributed by atoms with Crippen molar-refractivity contribution in [3.05, 3.63) is 12.7 Å². The average Bonchev–Trinajstić information content (AvgIpc) is 1.83. The van der Waals surface area contributed by atoms with Gasteiger partial charge >= 0.3 is 0 Å². The quantitative estimate of drug-likeness (QED) is 0.512. The van der Waals surface area contributed by atoms with Gasteiger partial charge in [0.05, 0.1) is 6.61 Å². The summed E-state index contributed by atoms with van der Waals surface area (Å²) >= 11 is 0. The zero-order chi connectivity index (χ0) is 6.41. The van der Waals surface area contributed by atoms with Crippen LogP contribution in [-0.2, 0) is 4.74 Å². The van der Waals surface area contributed by atoms with Crippen LogP contribution in [0.3, 0.4) is 0 Å². The van der Waals surface area contributed by atoms with Gasteiger partial charge in [-0.15, -0.1) is 6.58 Å². The highest BCUT2D eigenvalue weighted by molar-refractivity contribution is 4.63. The van der Waals surface area contributed by atoms with Crippen LogP contribution in [0.1, 0.15) is 13.3 Å². The largest absolute Gasteiger partial charge is 0.344 e. The summed E-state index contributed by atoms with van der Waals surface area (Å²) in [6.07, 6.45) is 0.823. The molecule has 1 unspecified atom stereocenters. The molecule has 2 heteroatoms. The Morgan fingerprint density at radius 2 is 2.50 bits per heavy atom. The van der Waals surface area contributed by atoms with Gasteiger partial charge in [0.2, 0.25) is 0 Å². The molecule has 0 spiro atoms. The van der Waals surface area contributed by atoms with Crippen molar-refractivity contribution in [1.82, 2.24) is 0 Å². The smallest absolute Gasteiger partial charge is 0.198 e. The van der Waals surface area contributed by atoms with Crippen LogP contribution in [0, 0.1) is 0 Å². The molecule has 8 heavy (non-hydrogen) atoms. The fraction of sp³-hybridized carbons (Fsp3) is 0.667. The molecule has 0 fully saturated rings. The molecule has 0 heterocycles. The van der Waals surface area contributed by atoms with Gasteiger partial charge in [-0.25, -0.2) is 4.39 Å². The van der Waals surface area contributed by atoms with Crippen molar-refractivity contribution in [1.29, 1.82) is 0 Å². The fourth-order valence-corrected chi connectivity index (χ4v) is 0.290. The van der Waals surface area contributed by atoms with Crippen molar-refractivity contribution in [3.63, 3.8) is 0 Å². The lowest BCUT2D eigenvalue weighted by atomic mass is 10.5. The van der Waals surface area contributed by atoms with E-state index in [1.165, 1.54) is 6.08 Å². The van der Waals surface area contributed by atoms with E-state index in [9.17, 15) is 4.39 Å². The topological polar surface area (TPSA) is 9.23 Å². The SMILES string of the molecule is C=CCOC(F)CC. The predicted molar refractivity (Wildman–Crippen MR) is 31.3 cm³/mol. The zero-order valence-corrected chi connectivity index (χ0v) is 5.06. The molecule has 0 aromatic rings. The summed E-state index contributed by atoms with van der Waals surface area (Å²) < 4.78 is 16.6. The van der Waals surface area contributed by atoms with E-state index in [4.69, 9.17) is 0 Å². The highest BCUT2D eigenvalue weighted by Gasteiger charge is 1.97. The van der Waals surface area contributed by atoms with Gasteiger partial charge in [0, 0.05) is 6.42 Å². The first-order valence-corrected chi connectivity index (χ1v) is 2.67. The number of hydrogen-bond donors (Lipinski definition) is 0. The summed E-state index contributed by atoms with van der Waals surface area (Å²) in [4.78, 5) is 0. The third-order valence-corrected chi connectivity index (χ3v) is 0.716.